The molecule has 1 saturated carbocycles. The Kier molecular flexibility index (Phi) is 4.65. The minimum Gasteiger partial charge on any atom is -0.454 e. The van der Waals surface area contributed by atoms with Gasteiger partial charge in [-0.2, -0.15) is 0 Å². The molecule has 1 unspecified atom stereocenters. The maximum absolute atomic E-state index is 14.0. The number of esters is 1. The Morgan fingerprint density at radius 2 is 1.78 bits per heavy atom. The van der Waals surface area contributed by atoms with Crippen molar-refractivity contribution in [2.75, 3.05) is 0 Å². The Bertz CT molecular complexity index is 1440. The number of nitrogens with zero attached hydrogens (tertiary/aromatic N) is 1. The van der Waals surface area contributed by atoms with Crippen molar-refractivity contribution in [3.63, 3.8) is 0 Å². The van der Waals surface area contributed by atoms with Crippen LogP contribution >= 0.6 is 0 Å². The lowest BCUT2D eigenvalue weighted by Gasteiger charge is -2.37. The molecule has 2 aromatic rings. The number of allylic oxidation sites excluding steroid dienone is 3. The molecule has 1 aromatic heterocycles. The van der Waals surface area contributed by atoms with Gasteiger partial charge in [0.25, 0.3) is 5.56 Å². The first-order valence-electron chi connectivity index (χ1n) is 13.3. The maximum Gasteiger partial charge on any atom is 0.314 e. The van der Waals surface area contributed by atoms with Gasteiger partial charge in [0.2, 0.25) is 0 Å². The van der Waals surface area contributed by atoms with E-state index in [1.54, 1.807) is 0 Å². The van der Waals surface area contributed by atoms with Crippen LogP contribution in [-0.4, -0.2) is 10.5 Å². The van der Waals surface area contributed by atoms with E-state index in [-0.39, 0.29) is 28.3 Å². The molecular formula is C32H37NO3. The molecule has 2 aliphatic carbocycles. The van der Waals surface area contributed by atoms with Crippen molar-refractivity contribution in [3.8, 4) is 0 Å². The van der Waals surface area contributed by atoms with Crippen molar-refractivity contribution >= 4 is 17.6 Å². The van der Waals surface area contributed by atoms with Gasteiger partial charge in [-0.15, -0.1) is 0 Å². The first-order chi connectivity index (χ1) is 16.9. The zero-order valence-corrected chi connectivity index (χ0v) is 22.6. The van der Waals surface area contributed by atoms with Crippen molar-refractivity contribution in [1.29, 1.82) is 0 Å². The summed E-state index contributed by atoms with van der Waals surface area (Å²) in [5, 5.41) is 0. The monoisotopic (exact) mass is 483 g/mol. The quantitative estimate of drug-likeness (QED) is 0.439. The molecule has 4 nitrogen and oxygen atoms in total. The van der Waals surface area contributed by atoms with Gasteiger partial charge < -0.3 is 9.30 Å². The summed E-state index contributed by atoms with van der Waals surface area (Å²) >= 11 is 0. The summed E-state index contributed by atoms with van der Waals surface area (Å²) in [6, 6.07) is 10.5. The Morgan fingerprint density at radius 3 is 2.39 bits per heavy atom. The molecule has 4 heteroatoms. The lowest BCUT2D eigenvalue weighted by atomic mass is 9.70. The standard InChI is InChI=1S/C32H37NO3/c1-8-23-22(14-21-12-10-9-11-20(21)3)17-33-26(23)15-25-24(27(33)34)13-19(2)16-31(25)18-32(28(35)36-31)29(4,5)30(32,6)7/h8-12,14-15,19H,13,16-18H2,1-7H3/b22-14-,23-8-/t19?,31-/m0/s1. The van der Waals surface area contributed by atoms with Crippen LogP contribution in [0.25, 0.3) is 11.6 Å². The highest BCUT2D eigenvalue weighted by Crippen LogP contribution is 2.83. The molecule has 36 heavy (non-hydrogen) atoms. The number of carbonyl (C=O) groups is 1. The van der Waals surface area contributed by atoms with Gasteiger partial charge in [-0.3, -0.25) is 9.59 Å². The highest BCUT2D eigenvalue weighted by molar-refractivity contribution is 5.88. The predicted octanol–water partition coefficient (Wildman–Crippen LogP) is 6.43. The number of aryl methyl sites for hydroxylation is 1. The summed E-state index contributed by atoms with van der Waals surface area (Å²) in [6.07, 6.45) is 6.50. The number of ether oxygens (including phenoxy) is 1. The fourth-order valence-corrected chi connectivity index (χ4v) is 8.03. The number of carbonyl (C=O) groups excluding carboxylic acids is 1. The third-order valence-corrected chi connectivity index (χ3v) is 10.7. The van der Waals surface area contributed by atoms with E-state index in [2.05, 4.69) is 84.0 Å². The zero-order valence-electron chi connectivity index (χ0n) is 22.6. The molecule has 0 amide bonds. The van der Waals surface area contributed by atoms with Gasteiger partial charge in [-0.05, 0) is 77.9 Å². The lowest BCUT2D eigenvalue weighted by Crippen LogP contribution is -2.39. The second kappa shape index (κ2) is 7.12. The second-order valence-electron chi connectivity index (χ2n) is 12.8. The maximum atomic E-state index is 14.0. The molecule has 4 aliphatic rings. The molecule has 2 aliphatic heterocycles. The highest BCUT2D eigenvalue weighted by atomic mass is 16.6. The number of hydrogen-bond acceptors (Lipinski definition) is 3. The van der Waals surface area contributed by atoms with Crippen LogP contribution in [0, 0.1) is 29.1 Å². The number of fused-ring (bicyclic) bond motifs is 3. The van der Waals surface area contributed by atoms with Gasteiger partial charge >= 0.3 is 5.97 Å². The number of aromatic nitrogens is 1. The molecular weight excluding hydrogens is 446 g/mol. The number of rotatable bonds is 1. The first kappa shape index (κ1) is 23.5. The summed E-state index contributed by atoms with van der Waals surface area (Å²) in [4.78, 5) is 27.6. The number of pyridine rings is 1. The average Bonchev–Trinajstić information content (AvgIpc) is 3.14. The van der Waals surface area contributed by atoms with Gasteiger partial charge in [0.1, 0.15) is 5.60 Å². The third kappa shape index (κ3) is 2.65. The van der Waals surface area contributed by atoms with Crippen molar-refractivity contribution in [2.45, 2.75) is 79.9 Å². The van der Waals surface area contributed by atoms with Crippen LogP contribution in [0.15, 0.2) is 46.8 Å². The fraction of sp³-hybridized carbons (Fsp3) is 0.500. The Balaban J connectivity index is 1.51. The van der Waals surface area contributed by atoms with E-state index in [0.717, 1.165) is 40.8 Å². The summed E-state index contributed by atoms with van der Waals surface area (Å²) in [5.74, 6) is 0.200. The van der Waals surface area contributed by atoms with E-state index in [0.29, 0.717) is 13.0 Å². The Labute approximate surface area is 214 Å². The molecule has 1 saturated heterocycles. The van der Waals surface area contributed by atoms with Crippen molar-refractivity contribution in [3.05, 3.63) is 80.3 Å². The smallest absolute Gasteiger partial charge is 0.314 e. The van der Waals surface area contributed by atoms with E-state index in [9.17, 15) is 9.59 Å². The van der Waals surface area contributed by atoms with Gasteiger partial charge in [0.05, 0.1) is 17.7 Å². The zero-order chi connectivity index (χ0) is 25.8. The van der Waals surface area contributed by atoms with E-state index >= 15 is 0 Å². The molecule has 6 rings (SSSR count). The molecule has 0 radical (unpaired) electrons. The minimum absolute atomic E-state index is 0.0762. The normalized spacial score (nSPS) is 30.6. The Morgan fingerprint density at radius 1 is 1.08 bits per heavy atom. The number of benzene rings is 1. The SMILES string of the molecule is C/C=C1/C(=C\c2ccccc2C)Cn2c1cc1c(c2=O)CC(C)C[C@]12CC1(C(=O)O2)C(C)(C)C1(C)C. The predicted molar refractivity (Wildman–Crippen MR) is 143 cm³/mol. The van der Waals surface area contributed by atoms with Gasteiger partial charge in [-0.25, -0.2) is 0 Å². The van der Waals surface area contributed by atoms with E-state index < -0.39 is 11.0 Å². The molecule has 2 fully saturated rings. The van der Waals surface area contributed by atoms with Gasteiger partial charge in [0.15, 0.2) is 0 Å². The molecule has 188 valence electrons. The van der Waals surface area contributed by atoms with Crippen LogP contribution in [0.4, 0.5) is 0 Å². The van der Waals surface area contributed by atoms with Crippen molar-refractivity contribution < 1.29 is 9.53 Å². The minimum atomic E-state index is -0.717. The summed E-state index contributed by atoms with van der Waals surface area (Å²) in [7, 11) is 0. The van der Waals surface area contributed by atoms with Crippen molar-refractivity contribution in [2.24, 2.45) is 22.2 Å². The lowest BCUT2D eigenvalue weighted by molar-refractivity contribution is -0.155. The molecule has 0 bridgehead atoms. The second-order valence-corrected chi connectivity index (χ2v) is 12.8. The first-order valence-corrected chi connectivity index (χ1v) is 13.3. The van der Waals surface area contributed by atoms with Crippen LogP contribution < -0.4 is 5.56 Å². The van der Waals surface area contributed by atoms with Crippen LogP contribution in [0.5, 0.6) is 0 Å². The van der Waals surface area contributed by atoms with E-state index in [4.69, 9.17) is 4.74 Å². The summed E-state index contributed by atoms with van der Waals surface area (Å²) < 4.78 is 8.37. The van der Waals surface area contributed by atoms with E-state index in [1.807, 2.05) is 11.5 Å². The summed E-state index contributed by atoms with van der Waals surface area (Å²) in [6.45, 7) is 15.7. The molecule has 3 heterocycles. The van der Waals surface area contributed by atoms with Gasteiger partial charge in [-0.1, -0.05) is 65.0 Å². The fourth-order valence-electron chi connectivity index (χ4n) is 8.03. The summed E-state index contributed by atoms with van der Waals surface area (Å²) in [5.41, 5.74) is 5.97. The van der Waals surface area contributed by atoms with Crippen LogP contribution in [0.2, 0.25) is 0 Å². The average molecular weight is 484 g/mol. The van der Waals surface area contributed by atoms with Crippen LogP contribution in [0.3, 0.4) is 0 Å². The topological polar surface area (TPSA) is 48.3 Å². The molecule has 1 aromatic carbocycles. The highest BCUT2D eigenvalue weighted by Gasteiger charge is 2.86. The van der Waals surface area contributed by atoms with Crippen LogP contribution in [-0.2, 0) is 28.1 Å². The Hall–Kier alpha value is -2.88. The van der Waals surface area contributed by atoms with Crippen molar-refractivity contribution in [1.82, 2.24) is 4.57 Å². The molecule has 2 atom stereocenters. The third-order valence-electron chi connectivity index (χ3n) is 10.7. The number of hydrogen-bond donors (Lipinski definition) is 0. The molecule has 2 spiro atoms. The van der Waals surface area contributed by atoms with Gasteiger partial charge in [0, 0.05) is 17.5 Å². The molecule has 0 N–H and O–H groups in total. The van der Waals surface area contributed by atoms with Crippen LogP contribution in [0.1, 0.15) is 82.3 Å². The largest absolute Gasteiger partial charge is 0.454 e. The van der Waals surface area contributed by atoms with E-state index in [1.165, 1.54) is 11.1 Å².